The second kappa shape index (κ2) is 3.63. The molecule has 1 nitrogen and oxygen atoms in total. The van der Waals surface area contributed by atoms with E-state index in [1.165, 1.54) is 27.8 Å². The third-order valence-corrected chi connectivity index (χ3v) is 4.67. The lowest BCUT2D eigenvalue weighted by atomic mass is 9.66. The summed E-state index contributed by atoms with van der Waals surface area (Å²) in [5, 5.41) is 0. The van der Waals surface area contributed by atoms with Gasteiger partial charge in [0.25, 0.3) is 0 Å². The molecule has 2 aromatic carbocycles. The van der Waals surface area contributed by atoms with Crippen molar-refractivity contribution >= 4 is 0 Å². The van der Waals surface area contributed by atoms with Gasteiger partial charge in [0.1, 0.15) is 5.75 Å². The van der Waals surface area contributed by atoms with Gasteiger partial charge < -0.3 is 4.74 Å². The fourth-order valence-corrected chi connectivity index (χ4v) is 3.74. The van der Waals surface area contributed by atoms with E-state index in [9.17, 15) is 0 Å². The summed E-state index contributed by atoms with van der Waals surface area (Å²) < 4.78 is 5.87. The van der Waals surface area contributed by atoms with Gasteiger partial charge in [-0.15, -0.1) is 0 Å². The van der Waals surface area contributed by atoms with Gasteiger partial charge in [-0.1, -0.05) is 42.8 Å². The van der Waals surface area contributed by atoms with Crippen LogP contribution in [-0.4, -0.2) is 6.61 Å². The summed E-state index contributed by atoms with van der Waals surface area (Å²) in [7, 11) is 0. The summed E-state index contributed by atoms with van der Waals surface area (Å²) in [5.41, 5.74) is 7.29. The number of benzene rings is 2. The molecule has 0 saturated carbocycles. The molecule has 4 rings (SSSR count). The van der Waals surface area contributed by atoms with Gasteiger partial charge in [0.05, 0.1) is 6.61 Å². The van der Waals surface area contributed by atoms with Crippen LogP contribution in [0.25, 0.3) is 11.1 Å². The van der Waals surface area contributed by atoms with E-state index < -0.39 is 0 Å². The molecule has 1 heteroatoms. The molecular weight excluding hydrogens is 232 g/mol. The summed E-state index contributed by atoms with van der Waals surface area (Å²) in [6, 6.07) is 13.3. The molecule has 1 aliphatic heterocycles. The Morgan fingerprint density at radius 1 is 1.11 bits per heavy atom. The van der Waals surface area contributed by atoms with Gasteiger partial charge in [0, 0.05) is 11.0 Å². The van der Waals surface area contributed by atoms with Gasteiger partial charge in [-0.05, 0) is 42.5 Å². The first-order valence-electron chi connectivity index (χ1n) is 7.04. The minimum absolute atomic E-state index is 0.241. The Hall–Kier alpha value is -1.76. The van der Waals surface area contributed by atoms with Crippen molar-refractivity contribution in [2.45, 2.75) is 32.1 Å². The fourth-order valence-electron chi connectivity index (χ4n) is 3.74. The molecule has 0 aromatic heterocycles. The van der Waals surface area contributed by atoms with Crippen molar-refractivity contribution in [1.82, 2.24) is 0 Å². The molecule has 0 amide bonds. The molecule has 0 spiro atoms. The lowest BCUT2D eigenvalue weighted by molar-refractivity contribution is 0.222. The van der Waals surface area contributed by atoms with Crippen LogP contribution in [0.2, 0.25) is 0 Å². The molecule has 2 aliphatic rings. The number of fused-ring (bicyclic) bond motifs is 2. The highest BCUT2D eigenvalue weighted by atomic mass is 16.5. The highest BCUT2D eigenvalue weighted by Crippen LogP contribution is 2.50. The highest BCUT2D eigenvalue weighted by molar-refractivity contribution is 5.78. The van der Waals surface area contributed by atoms with Gasteiger partial charge in [-0.2, -0.15) is 0 Å². The lowest BCUT2D eigenvalue weighted by Gasteiger charge is -2.41. The highest BCUT2D eigenvalue weighted by Gasteiger charge is 2.39. The van der Waals surface area contributed by atoms with Crippen LogP contribution in [0, 0.1) is 6.92 Å². The summed E-state index contributed by atoms with van der Waals surface area (Å²) in [4.78, 5) is 0. The molecule has 1 unspecified atom stereocenters. The number of aryl methyl sites for hydroxylation is 1. The summed E-state index contributed by atoms with van der Waals surface area (Å²) in [5.74, 6) is 1.09. The van der Waals surface area contributed by atoms with E-state index in [0.717, 1.165) is 25.2 Å². The molecule has 0 fully saturated rings. The maximum Gasteiger partial charge on any atom is 0.123 e. The van der Waals surface area contributed by atoms with Crippen molar-refractivity contribution in [1.29, 1.82) is 0 Å². The minimum atomic E-state index is 0.241. The maximum absolute atomic E-state index is 5.87. The second-order valence-corrected chi connectivity index (χ2v) is 6.18. The minimum Gasteiger partial charge on any atom is -0.493 e. The molecule has 1 atom stereocenters. The number of rotatable bonds is 0. The van der Waals surface area contributed by atoms with E-state index in [1.54, 1.807) is 0 Å². The van der Waals surface area contributed by atoms with Crippen LogP contribution in [0.3, 0.4) is 0 Å². The molecule has 19 heavy (non-hydrogen) atoms. The van der Waals surface area contributed by atoms with Crippen LogP contribution in [0.4, 0.5) is 0 Å². The number of ether oxygens (including phenoxy) is 1. The van der Waals surface area contributed by atoms with Gasteiger partial charge in [-0.3, -0.25) is 0 Å². The van der Waals surface area contributed by atoms with Crippen LogP contribution in [0.1, 0.15) is 30.0 Å². The molecular formula is C18H18O. The summed E-state index contributed by atoms with van der Waals surface area (Å²) >= 11 is 0. The second-order valence-electron chi connectivity index (χ2n) is 6.18. The number of hydrogen-bond donors (Lipinski definition) is 0. The van der Waals surface area contributed by atoms with Crippen molar-refractivity contribution in [3.8, 4) is 16.9 Å². The largest absolute Gasteiger partial charge is 0.493 e. The Labute approximate surface area is 114 Å². The smallest absolute Gasteiger partial charge is 0.123 e. The zero-order valence-corrected chi connectivity index (χ0v) is 11.5. The van der Waals surface area contributed by atoms with Crippen molar-refractivity contribution in [2.75, 3.05) is 6.61 Å². The average Bonchev–Trinajstić information content (AvgIpc) is 2.38. The van der Waals surface area contributed by atoms with Gasteiger partial charge >= 0.3 is 0 Å². The monoisotopic (exact) mass is 250 g/mol. The Balaban J connectivity index is 2.06. The van der Waals surface area contributed by atoms with Crippen molar-refractivity contribution in [2.24, 2.45) is 0 Å². The Kier molecular flexibility index (Phi) is 2.12. The summed E-state index contributed by atoms with van der Waals surface area (Å²) in [6.45, 7) is 5.41. The fraction of sp³-hybridized carbons (Fsp3) is 0.333. The van der Waals surface area contributed by atoms with Crippen LogP contribution < -0.4 is 4.74 Å². The van der Waals surface area contributed by atoms with E-state index >= 15 is 0 Å². The van der Waals surface area contributed by atoms with E-state index in [4.69, 9.17) is 4.74 Å². The quantitative estimate of drug-likeness (QED) is 0.679. The predicted octanol–water partition coefficient (Wildman–Crippen LogP) is 4.26. The molecule has 0 bridgehead atoms. The topological polar surface area (TPSA) is 9.23 Å². The zero-order valence-electron chi connectivity index (χ0n) is 11.5. The molecule has 96 valence electrons. The first-order chi connectivity index (χ1) is 9.17. The third kappa shape index (κ3) is 1.48. The first-order valence-corrected chi connectivity index (χ1v) is 7.04. The van der Waals surface area contributed by atoms with Crippen LogP contribution in [-0.2, 0) is 11.8 Å². The molecule has 1 aliphatic carbocycles. The van der Waals surface area contributed by atoms with E-state index in [2.05, 4.69) is 50.2 Å². The van der Waals surface area contributed by atoms with Gasteiger partial charge in [0.2, 0.25) is 0 Å². The van der Waals surface area contributed by atoms with Gasteiger partial charge in [-0.25, -0.2) is 0 Å². The van der Waals surface area contributed by atoms with E-state index in [1.807, 2.05) is 0 Å². The van der Waals surface area contributed by atoms with Crippen molar-refractivity contribution < 1.29 is 4.74 Å². The standard InChI is InChI=1S/C18H18O/c1-12-6-7-14-13(10-12)11-18(2)8-9-19-16-5-3-4-15(14)17(16)18/h3-7,10H,8-9,11H2,1-2H3. The van der Waals surface area contributed by atoms with Gasteiger partial charge in [0.15, 0.2) is 0 Å². The molecule has 2 aromatic rings. The zero-order chi connectivity index (χ0) is 13.0. The first kappa shape index (κ1) is 11.1. The Bertz CT molecular complexity index is 671. The molecule has 0 N–H and O–H groups in total. The van der Waals surface area contributed by atoms with E-state index in [-0.39, 0.29) is 5.41 Å². The Morgan fingerprint density at radius 3 is 2.89 bits per heavy atom. The Morgan fingerprint density at radius 2 is 2.00 bits per heavy atom. The average molecular weight is 250 g/mol. The summed E-state index contributed by atoms with van der Waals surface area (Å²) in [6.07, 6.45) is 2.25. The molecule has 0 saturated heterocycles. The predicted molar refractivity (Wildman–Crippen MR) is 77.8 cm³/mol. The maximum atomic E-state index is 5.87. The third-order valence-electron chi connectivity index (χ3n) is 4.67. The SMILES string of the molecule is Cc1ccc2c(c1)CC1(C)CCOc3cccc-2c31. The number of hydrogen-bond acceptors (Lipinski definition) is 1. The lowest BCUT2D eigenvalue weighted by Crippen LogP contribution is -2.35. The van der Waals surface area contributed by atoms with Crippen molar-refractivity contribution in [3.63, 3.8) is 0 Å². The van der Waals surface area contributed by atoms with Crippen molar-refractivity contribution in [3.05, 3.63) is 53.1 Å². The molecule has 1 heterocycles. The normalized spacial score (nSPS) is 23.3. The van der Waals surface area contributed by atoms with Crippen LogP contribution in [0.5, 0.6) is 5.75 Å². The van der Waals surface area contributed by atoms with Crippen LogP contribution >= 0.6 is 0 Å². The van der Waals surface area contributed by atoms with Crippen LogP contribution in [0.15, 0.2) is 36.4 Å². The molecule has 0 radical (unpaired) electrons. The van der Waals surface area contributed by atoms with E-state index in [0.29, 0.717) is 0 Å².